The second-order valence-corrected chi connectivity index (χ2v) is 9.22. The third kappa shape index (κ3) is 5.47. The Balaban J connectivity index is 1.68. The fourth-order valence-electron chi connectivity index (χ4n) is 3.63. The van der Waals surface area contributed by atoms with Crippen LogP contribution in [0, 0.1) is 0 Å². The van der Waals surface area contributed by atoms with E-state index in [2.05, 4.69) is 32.8 Å². The first-order valence-corrected chi connectivity index (χ1v) is 11.5. The van der Waals surface area contributed by atoms with Crippen molar-refractivity contribution in [1.29, 1.82) is 0 Å². The van der Waals surface area contributed by atoms with E-state index in [0.717, 1.165) is 41.0 Å². The van der Waals surface area contributed by atoms with Gasteiger partial charge in [0.1, 0.15) is 5.25 Å². The number of hydrogen-bond acceptors (Lipinski definition) is 4. The molecule has 5 nitrogen and oxygen atoms in total. The third-order valence-corrected chi connectivity index (χ3v) is 6.73. The number of carbonyl (C=O) groups is 2. The Labute approximate surface area is 179 Å². The second kappa shape index (κ2) is 10.3. The molecule has 1 aromatic rings. The maximum absolute atomic E-state index is 13.1. The average molecular weight is 464 g/mol. The smallest absolute Gasteiger partial charge is 0.242 e. The molecule has 0 aromatic heterocycles. The molecule has 2 amide bonds. The van der Waals surface area contributed by atoms with Crippen LogP contribution in [0.2, 0.25) is 0 Å². The van der Waals surface area contributed by atoms with Crippen LogP contribution < -0.4 is 5.32 Å². The van der Waals surface area contributed by atoms with Gasteiger partial charge in [0.2, 0.25) is 11.8 Å². The van der Waals surface area contributed by atoms with E-state index < -0.39 is 5.25 Å². The van der Waals surface area contributed by atoms with Crippen LogP contribution in [0.25, 0.3) is 0 Å². The molecule has 1 saturated heterocycles. The lowest BCUT2D eigenvalue weighted by atomic mass is 10.1. The molecular weight excluding hydrogens is 438 g/mol. The monoisotopic (exact) mass is 463 g/mol. The summed E-state index contributed by atoms with van der Waals surface area (Å²) >= 11 is 4.80. The standard InChI is InChI=1S/C21H26BrN3O2S/c1-2-13-23-21-25(17-7-5-3-4-6-8-17)20(27)18(28-21)14-19(26)24-16-11-9-15(22)10-12-16/h2,9-12,17-18H,1,3-8,13-14H2,(H,24,26)/t18-/m1/s1. The van der Waals surface area contributed by atoms with E-state index in [-0.39, 0.29) is 24.3 Å². The molecule has 1 saturated carbocycles. The third-order valence-electron chi connectivity index (χ3n) is 5.01. The maximum atomic E-state index is 13.1. The summed E-state index contributed by atoms with van der Waals surface area (Å²) in [5.74, 6) is -0.135. The molecule has 0 unspecified atom stereocenters. The Bertz CT molecular complexity index is 743. The van der Waals surface area contributed by atoms with E-state index in [1.165, 1.54) is 24.6 Å². The van der Waals surface area contributed by atoms with Crippen molar-refractivity contribution >= 4 is 50.4 Å². The molecule has 150 valence electrons. The summed E-state index contributed by atoms with van der Waals surface area (Å²) < 4.78 is 0.953. The van der Waals surface area contributed by atoms with Crippen LogP contribution in [0.15, 0.2) is 46.4 Å². The number of amides is 2. The van der Waals surface area contributed by atoms with Gasteiger partial charge in [0, 0.05) is 22.6 Å². The number of anilines is 1. The zero-order valence-electron chi connectivity index (χ0n) is 15.9. The molecule has 0 radical (unpaired) electrons. The second-order valence-electron chi connectivity index (χ2n) is 7.13. The number of nitrogens with one attached hydrogen (secondary N) is 1. The van der Waals surface area contributed by atoms with Crippen LogP contribution >= 0.6 is 27.7 Å². The maximum Gasteiger partial charge on any atom is 0.242 e. The lowest BCUT2D eigenvalue weighted by molar-refractivity contribution is -0.129. The number of carbonyl (C=O) groups excluding carboxylic acids is 2. The predicted octanol–water partition coefficient (Wildman–Crippen LogP) is 4.99. The van der Waals surface area contributed by atoms with E-state index in [1.807, 2.05) is 29.2 Å². The van der Waals surface area contributed by atoms with Crippen molar-refractivity contribution < 1.29 is 9.59 Å². The van der Waals surface area contributed by atoms with Gasteiger partial charge in [-0.15, -0.1) is 6.58 Å². The van der Waals surface area contributed by atoms with E-state index in [9.17, 15) is 9.59 Å². The van der Waals surface area contributed by atoms with Crippen LogP contribution in [-0.4, -0.2) is 39.7 Å². The molecule has 1 atom stereocenters. The molecule has 2 fully saturated rings. The summed E-state index contributed by atoms with van der Waals surface area (Å²) in [6.45, 7) is 4.21. The normalized spacial score (nSPS) is 22.3. The van der Waals surface area contributed by atoms with Crippen molar-refractivity contribution in [3.05, 3.63) is 41.4 Å². The number of halogens is 1. The van der Waals surface area contributed by atoms with Gasteiger partial charge in [-0.2, -0.15) is 0 Å². The van der Waals surface area contributed by atoms with Crippen molar-refractivity contribution in [2.45, 2.75) is 56.2 Å². The van der Waals surface area contributed by atoms with E-state index in [1.54, 1.807) is 6.08 Å². The summed E-state index contributed by atoms with van der Waals surface area (Å²) in [5, 5.41) is 3.21. The number of benzene rings is 1. The Morgan fingerprint density at radius 1 is 1.25 bits per heavy atom. The number of nitrogens with zero attached hydrogens (tertiary/aromatic N) is 2. The molecule has 2 aliphatic rings. The lowest BCUT2D eigenvalue weighted by Crippen LogP contribution is -2.41. The highest BCUT2D eigenvalue weighted by Gasteiger charge is 2.42. The summed E-state index contributed by atoms with van der Waals surface area (Å²) in [5.41, 5.74) is 0.727. The molecule has 0 bridgehead atoms. The molecular formula is C21H26BrN3O2S. The zero-order valence-corrected chi connectivity index (χ0v) is 18.3. The van der Waals surface area contributed by atoms with Gasteiger partial charge < -0.3 is 5.32 Å². The molecule has 0 spiro atoms. The number of rotatable bonds is 6. The number of aliphatic imine (C=N–C) groups is 1. The highest BCUT2D eigenvalue weighted by atomic mass is 79.9. The Hall–Kier alpha value is -1.60. The Morgan fingerprint density at radius 2 is 1.93 bits per heavy atom. The highest BCUT2D eigenvalue weighted by Crippen LogP contribution is 2.35. The fraction of sp³-hybridized carbons (Fsp3) is 0.476. The number of thioether (sulfide) groups is 1. The molecule has 3 rings (SSSR count). The van der Waals surface area contributed by atoms with Crippen LogP contribution in [0.5, 0.6) is 0 Å². The SMILES string of the molecule is C=CCN=C1S[C@H](CC(=O)Nc2ccc(Br)cc2)C(=O)N1C1CCCCCC1. The minimum atomic E-state index is -0.415. The van der Waals surface area contributed by atoms with Crippen LogP contribution in [0.4, 0.5) is 5.69 Å². The molecule has 1 aliphatic carbocycles. The number of amidine groups is 1. The summed E-state index contributed by atoms with van der Waals surface area (Å²) in [6.07, 6.45) is 8.64. The fourth-order valence-corrected chi connectivity index (χ4v) is 5.10. The van der Waals surface area contributed by atoms with Crippen LogP contribution in [0.1, 0.15) is 44.9 Å². The van der Waals surface area contributed by atoms with Gasteiger partial charge in [-0.25, -0.2) is 0 Å². The van der Waals surface area contributed by atoms with Crippen molar-refractivity contribution in [3.8, 4) is 0 Å². The summed E-state index contributed by atoms with van der Waals surface area (Å²) in [6, 6.07) is 7.61. The molecule has 1 aromatic carbocycles. The van der Waals surface area contributed by atoms with Crippen molar-refractivity contribution in [1.82, 2.24) is 4.90 Å². The van der Waals surface area contributed by atoms with Gasteiger partial charge in [0.05, 0.1) is 6.54 Å². The van der Waals surface area contributed by atoms with E-state index in [0.29, 0.717) is 6.54 Å². The Kier molecular flexibility index (Phi) is 7.73. The first kappa shape index (κ1) is 21.1. The minimum absolute atomic E-state index is 0.0191. The zero-order chi connectivity index (χ0) is 19.9. The van der Waals surface area contributed by atoms with E-state index >= 15 is 0 Å². The summed E-state index contributed by atoms with van der Waals surface area (Å²) in [4.78, 5) is 32.1. The van der Waals surface area contributed by atoms with Gasteiger partial charge in [0.25, 0.3) is 0 Å². The van der Waals surface area contributed by atoms with Crippen LogP contribution in [0.3, 0.4) is 0 Å². The molecule has 1 N–H and O–H groups in total. The van der Waals surface area contributed by atoms with Gasteiger partial charge in [-0.05, 0) is 37.1 Å². The first-order valence-electron chi connectivity index (χ1n) is 9.79. The Morgan fingerprint density at radius 3 is 2.57 bits per heavy atom. The van der Waals surface area contributed by atoms with Crippen molar-refractivity contribution in [3.63, 3.8) is 0 Å². The lowest BCUT2D eigenvalue weighted by Gasteiger charge is -2.26. The van der Waals surface area contributed by atoms with Crippen molar-refractivity contribution in [2.24, 2.45) is 4.99 Å². The first-order chi connectivity index (χ1) is 13.6. The molecule has 1 heterocycles. The quantitative estimate of drug-likeness (QED) is 0.477. The minimum Gasteiger partial charge on any atom is -0.326 e. The molecule has 28 heavy (non-hydrogen) atoms. The highest BCUT2D eigenvalue weighted by molar-refractivity contribution is 9.10. The predicted molar refractivity (Wildman–Crippen MR) is 120 cm³/mol. The van der Waals surface area contributed by atoms with Gasteiger partial charge in [0.15, 0.2) is 5.17 Å². The number of hydrogen-bond donors (Lipinski definition) is 1. The van der Waals surface area contributed by atoms with Gasteiger partial charge in [-0.3, -0.25) is 19.5 Å². The van der Waals surface area contributed by atoms with Gasteiger partial charge in [-0.1, -0.05) is 59.5 Å². The topological polar surface area (TPSA) is 61.8 Å². The molecule has 7 heteroatoms. The molecule has 1 aliphatic heterocycles. The summed E-state index contributed by atoms with van der Waals surface area (Å²) in [7, 11) is 0. The largest absolute Gasteiger partial charge is 0.326 e. The van der Waals surface area contributed by atoms with Crippen molar-refractivity contribution in [2.75, 3.05) is 11.9 Å². The van der Waals surface area contributed by atoms with Gasteiger partial charge >= 0.3 is 0 Å². The van der Waals surface area contributed by atoms with E-state index in [4.69, 9.17) is 0 Å². The van der Waals surface area contributed by atoms with Crippen LogP contribution in [-0.2, 0) is 9.59 Å². The average Bonchev–Trinajstić information content (AvgIpc) is 2.86.